The Morgan fingerprint density at radius 1 is 1.27 bits per heavy atom. The van der Waals surface area contributed by atoms with Crippen LogP contribution in [0.5, 0.6) is 11.5 Å². The second-order valence-electron chi connectivity index (χ2n) is 7.99. The molecule has 30 heavy (non-hydrogen) atoms. The van der Waals surface area contributed by atoms with Crippen LogP contribution >= 0.6 is 0 Å². The van der Waals surface area contributed by atoms with Crippen molar-refractivity contribution in [3.05, 3.63) is 34.9 Å². The number of nitrogens with one attached hydrogen (secondary N) is 1. The first-order valence-electron chi connectivity index (χ1n) is 10.1. The number of aromatic nitrogens is 4. The number of methoxy groups -OCH3 is 1. The summed E-state index contributed by atoms with van der Waals surface area (Å²) in [6.07, 6.45) is 2.86. The maximum absolute atomic E-state index is 12.5. The third kappa shape index (κ3) is 3.72. The van der Waals surface area contributed by atoms with Gasteiger partial charge in [0.05, 0.1) is 19.0 Å². The number of ether oxygens (including phenoxy) is 2. The van der Waals surface area contributed by atoms with Gasteiger partial charge in [0.1, 0.15) is 23.1 Å². The number of nitrogens with zero attached hydrogens (tertiary/aromatic N) is 5. The highest BCUT2D eigenvalue weighted by Crippen LogP contribution is 2.32. The molecule has 160 valence electrons. The van der Waals surface area contributed by atoms with Crippen molar-refractivity contribution in [1.29, 1.82) is 0 Å². The van der Waals surface area contributed by atoms with E-state index in [4.69, 9.17) is 9.47 Å². The third-order valence-electron chi connectivity index (χ3n) is 5.42. The topological polar surface area (TPSA) is 86.4 Å². The van der Waals surface area contributed by atoms with Crippen LogP contribution in [0.15, 0.2) is 29.2 Å². The molecule has 1 saturated heterocycles. The van der Waals surface area contributed by atoms with Crippen molar-refractivity contribution in [2.75, 3.05) is 32.6 Å². The Hall–Kier alpha value is -3.07. The van der Waals surface area contributed by atoms with Crippen molar-refractivity contribution < 1.29 is 9.47 Å². The molecule has 0 saturated carbocycles. The molecule has 4 rings (SSSR count). The Bertz CT molecular complexity index is 1120. The van der Waals surface area contributed by atoms with Gasteiger partial charge in [-0.25, -0.2) is 9.78 Å². The summed E-state index contributed by atoms with van der Waals surface area (Å²) in [6, 6.07) is 5.66. The Morgan fingerprint density at radius 2 is 2.07 bits per heavy atom. The fourth-order valence-electron chi connectivity index (χ4n) is 3.81. The van der Waals surface area contributed by atoms with Gasteiger partial charge in [-0.05, 0) is 39.4 Å². The number of anilines is 2. The predicted molar refractivity (Wildman–Crippen MR) is 116 cm³/mol. The molecule has 9 heteroatoms. The molecule has 1 aromatic carbocycles. The Balaban J connectivity index is 1.61. The molecule has 1 unspecified atom stereocenters. The summed E-state index contributed by atoms with van der Waals surface area (Å²) in [6.45, 7) is 5.88. The summed E-state index contributed by atoms with van der Waals surface area (Å²) in [5.41, 5.74) is 1.90. The predicted octanol–water partition coefficient (Wildman–Crippen LogP) is 2.55. The van der Waals surface area contributed by atoms with Gasteiger partial charge in [0.15, 0.2) is 5.65 Å². The SMILES string of the molecule is COc1cc(OC2CCN(C)C2)ccc1Nc1ncc2c(n1)n(C(C)C)c(=O)n2C. The quantitative estimate of drug-likeness (QED) is 0.666. The first-order chi connectivity index (χ1) is 14.4. The highest BCUT2D eigenvalue weighted by Gasteiger charge is 2.21. The van der Waals surface area contributed by atoms with Crippen LogP contribution in [0, 0.1) is 0 Å². The lowest BCUT2D eigenvalue weighted by atomic mass is 10.2. The standard InChI is InChI=1S/C21H28N6O3/c1-13(2)27-19-17(26(4)21(27)28)11-22-20(24-19)23-16-7-6-14(10-18(16)29-5)30-15-8-9-25(3)12-15/h6-7,10-11,13,15H,8-9,12H2,1-5H3,(H,22,23,24). The molecule has 1 N–H and O–H groups in total. The van der Waals surface area contributed by atoms with Crippen LogP contribution in [0.1, 0.15) is 26.3 Å². The van der Waals surface area contributed by atoms with Crippen LogP contribution in [0.25, 0.3) is 11.2 Å². The summed E-state index contributed by atoms with van der Waals surface area (Å²) < 4.78 is 14.9. The van der Waals surface area contributed by atoms with Gasteiger partial charge < -0.3 is 19.7 Å². The molecule has 1 atom stereocenters. The van der Waals surface area contributed by atoms with E-state index >= 15 is 0 Å². The minimum Gasteiger partial charge on any atom is -0.494 e. The second-order valence-corrected chi connectivity index (χ2v) is 7.99. The van der Waals surface area contributed by atoms with E-state index < -0.39 is 0 Å². The van der Waals surface area contributed by atoms with Crippen molar-refractivity contribution in [1.82, 2.24) is 24.0 Å². The zero-order chi connectivity index (χ0) is 21.4. The van der Waals surface area contributed by atoms with Crippen molar-refractivity contribution >= 4 is 22.8 Å². The number of rotatable bonds is 6. The summed E-state index contributed by atoms with van der Waals surface area (Å²) in [5.74, 6) is 1.80. The molecular formula is C21H28N6O3. The van der Waals surface area contributed by atoms with Gasteiger partial charge >= 0.3 is 5.69 Å². The van der Waals surface area contributed by atoms with Gasteiger partial charge in [-0.15, -0.1) is 0 Å². The van der Waals surface area contributed by atoms with E-state index in [1.807, 2.05) is 32.0 Å². The van der Waals surface area contributed by atoms with Gasteiger partial charge in [-0.2, -0.15) is 4.98 Å². The van der Waals surface area contributed by atoms with Crippen LogP contribution in [-0.2, 0) is 7.05 Å². The molecule has 1 aliphatic heterocycles. The first kappa shape index (κ1) is 20.2. The minimum absolute atomic E-state index is 0.00968. The molecule has 0 radical (unpaired) electrons. The Labute approximate surface area is 175 Å². The lowest BCUT2D eigenvalue weighted by Gasteiger charge is -2.16. The summed E-state index contributed by atoms with van der Waals surface area (Å²) in [4.78, 5) is 23.7. The number of aryl methyl sites for hydroxylation is 1. The fourth-order valence-corrected chi connectivity index (χ4v) is 3.81. The van der Waals surface area contributed by atoms with Gasteiger partial charge in [0.2, 0.25) is 5.95 Å². The first-order valence-corrected chi connectivity index (χ1v) is 10.1. The molecule has 3 heterocycles. The molecule has 1 fully saturated rings. The second kappa shape index (κ2) is 7.98. The molecule has 1 aliphatic rings. The number of fused-ring (bicyclic) bond motifs is 1. The number of benzene rings is 1. The van der Waals surface area contributed by atoms with Gasteiger partial charge in [-0.3, -0.25) is 9.13 Å². The van der Waals surface area contributed by atoms with Crippen LogP contribution in [-0.4, -0.2) is 57.4 Å². The monoisotopic (exact) mass is 412 g/mol. The van der Waals surface area contributed by atoms with E-state index in [0.29, 0.717) is 22.9 Å². The van der Waals surface area contributed by atoms with Crippen LogP contribution < -0.4 is 20.5 Å². The number of likely N-dealkylation sites (N-methyl/N-ethyl adjacent to an activating group) is 1. The highest BCUT2D eigenvalue weighted by molar-refractivity contribution is 5.73. The van der Waals surface area contributed by atoms with E-state index in [-0.39, 0.29) is 17.8 Å². The van der Waals surface area contributed by atoms with Crippen LogP contribution in [0.3, 0.4) is 0 Å². The minimum atomic E-state index is -0.108. The van der Waals surface area contributed by atoms with E-state index in [9.17, 15) is 4.79 Å². The average Bonchev–Trinajstić information content (AvgIpc) is 3.23. The van der Waals surface area contributed by atoms with Crippen molar-refractivity contribution in [3.63, 3.8) is 0 Å². The van der Waals surface area contributed by atoms with Crippen LogP contribution in [0.4, 0.5) is 11.6 Å². The number of hydrogen-bond acceptors (Lipinski definition) is 7. The highest BCUT2D eigenvalue weighted by atomic mass is 16.5. The van der Waals surface area contributed by atoms with E-state index in [1.54, 1.807) is 29.5 Å². The molecule has 2 aromatic heterocycles. The van der Waals surface area contributed by atoms with Crippen LogP contribution in [0.2, 0.25) is 0 Å². The molecule has 9 nitrogen and oxygen atoms in total. The zero-order valence-corrected chi connectivity index (χ0v) is 18.0. The Kier molecular flexibility index (Phi) is 5.38. The summed E-state index contributed by atoms with van der Waals surface area (Å²) in [7, 11) is 5.44. The fraction of sp³-hybridized carbons (Fsp3) is 0.476. The number of likely N-dealkylation sites (tertiary alicyclic amines) is 1. The molecule has 3 aromatic rings. The van der Waals surface area contributed by atoms with Crippen molar-refractivity contribution in [2.45, 2.75) is 32.4 Å². The van der Waals surface area contributed by atoms with Crippen molar-refractivity contribution in [3.8, 4) is 11.5 Å². The molecule has 0 spiro atoms. The Morgan fingerprint density at radius 3 is 2.73 bits per heavy atom. The normalized spacial score (nSPS) is 17.1. The lowest BCUT2D eigenvalue weighted by molar-refractivity contribution is 0.207. The van der Waals surface area contributed by atoms with E-state index in [1.165, 1.54) is 0 Å². The smallest absolute Gasteiger partial charge is 0.330 e. The lowest BCUT2D eigenvalue weighted by Crippen LogP contribution is -2.23. The van der Waals surface area contributed by atoms with Gasteiger partial charge in [0, 0.05) is 32.2 Å². The van der Waals surface area contributed by atoms with E-state index in [2.05, 4.69) is 27.2 Å². The zero-order valence-electron chi connectivity index (χ0n) is 18.0. The third-order valence-corrected chi connectivity index (χ3v) is 5.42. The largest absolute Gasteiger partial charge is 0.494 e. The van der Waals surface area contributed by atoms with Crippen molar-refractivity contribution in [2.24, 2.45) is 7.05 Å². The summed E-state index contributed by atoms with van der Waals surface area (Å²) in [5, 5.41) is 3.20. The maximum atomic E-state index is 12.5. The van der Waals surface area contributed by atoms with E-state index in [0.717, 1.165) is 30.9 Å². The molecule has 0 bridgehead atoms. The maximum Gasteiger partial charge on any atom is 0.330 e. The molecule has 0 amide bonds. The van der Waals surface area contributed by atoms with Gasteiger partial charge in [-0.1, -0.05) is 0 Å². The van der Waals surface area contributed by atoms with Gasteiger partial charge in [0.25, 0.3) is 0 Å². The molecule has 0 aliphatic carbocycles. The molecular weight excluding hydrogens is 384 g/mol. The average molecular weight is 412 g/mol. The summed E-state index contributed by atoms with van der Waals surface area (Å²) >= 11 is 0. The number of hydrogen-bond donors (Lipinski definition) is 1. The number of imidazole rings is 1.